The van der Waals surface area contributed by atoms with Crippen LogP contribution >= 0.6 is 34.8 Å². The van der Waals surface area contributed by atoms with Crippen molar-refractivity contribution in [2.45, 2.75) is 32.3 Å². The van der Waals surface area contributed by atoms with Gasteiger partial charge in [0.25, 0.3) is 0 Å². The summed E-state index contributed by atoms with van der Waals surface area (Å²) in [6.07, 6.45) is 2.03. The van der Waals surface area contributed by atoms with Crippen LogP contribution in [0.4, 0.5) is 10.5 Å². The molecule has 0 saturated heterocycles. The largest absolute Gasteiger partial charge is 0.489 e. The molecule has 1 aliphatic rings. The van der Waals surface area contributed by atoms with Crippen LogP contribution in [0.5, 0.6) is 5.75 Å². The zero-order chi connectivity index (χ0) is 30.5. The summed E-state index contributed by atoms with van der Waals surface area (Å²) < 4.78 is 16.7. The van der Waals surface area contributed by atoms with Gasteiger partial charge in [0, 0.05) is 40.9 Å². The molecule has 0 atom stereocenters. The van der Waals surface area contributed by atoms with Gasteiger partial charge in [-0.25, -0.2) is 9.59 Å². The van der Waals surface area contributed by atoms with Crippen molar-refractivity contribution in [3.05, 3.63) is 97.7 Å². The van der Waals surface area contributed by atoms with Crippen molar-refractivity contribution in [1.82, 2.24) is 10.5 Å². The van der Waals surface area contributed by atoms with Gasteiger partial charge < -0.3 is 24.6 Å². The molecule has 0 spiro atoms. The number of halogens is 3. The van der Waals surface area contributed by atoms with Crippen LogP contribution in [-0.4, -0.2) is 30.8 Å². The fourth-order valence-corrected chi connectivity index (χ4v) is 5.17. The summed E-state index contributed by atoms with van der Waals surface area (Å²) in [5.41, 5.74) is 3.61. The van der Waals surface area contributed by atoms with Crippen LogP contribution in [0.25, 0.3) is 11.3 Å². The number of ether oxygens (including phenoxy) is 2. The van der Waals surface area contributed by atoms with E-state index in [1.54, 1.807) is 55.5 Å². The topological polar surface area (TPSA) is 103 Å². The third-order valence-electron chi connectivity index (χ3n) is 6.58. The van der Waals surface area contributed by atoms with Crippen molar-refractivity contribution >= 4 is 52.5 Å². The molecule has 2 N–H and O–H groups in total. The van der Waals surface area contributed by atoms with E-state index in [2.05, 4.69) is 27.6 Å². The van der Waals surface area contributed by atoms with Gasteiger partial charge in [-0.3, -0.25) is 0 Å². The number of amides is 2. The van der Waals surface area contributed by atoms with Crippen LogP contribution < -0.4 is 15.4 Å². The molecule has 1 fully saturated rings. The molecule has 1 aromatic heterocycles. The Morgan fingerprint density at radius 1 is 1.02 bits per heavy atom. The molecule has 8 nitrogen and oxygen atoms in total. The van der Waals surface area contributed by atoms with Gasteiger partial charge in [0.1, 0.15) is 23.8 Å². The highest BCUT2D eigenvalue weighted by Gasteiger charge is 2.33. The number of anilines is 1. The van der Waals surface area contributed by atoms with Crippen LogP contribution in [-0.2, 0) is 11.3 Å². The first-order valence-corrected chi connectivity index (χ1v) is 14.6. The Balaban J connectivity index is 1.36. The van der Waals surface area contributed by atoms with Crippen molar-refractivity contribution in [3.63, 3.8) is 0 Å². The number of benzene rings is 3. The van der Waals surface area contributed by atoms with E-state index >= 15 is 0 Å². The number of carbonyl (C=O) groups is 2. The molecule has 4 aromatic rings. The van der Waals surface area contributed by atoms with Crippen LogP contribution in [0.1, 0.15) is 58.5 Å². The van der Waals surface area contributed by atoms with Gasteiger partial charge in [-0.2, -0.15) is 0 Å². The molecule has 43 heavy (non-hydrogen) atoms. The lowest BCUT2D eigenvalue weighted by molar-refractivity contribution is 0.0600. The number of methoxy groups -OCH3 is 1. The molecule has 0 radical (unpaired) electrons. The van der Waals surface area contributed by atoms with Gasteiger partial charge >= 0.3 is 12.0 Å². The maximum atomic E-state index is 12.2. The molecule has 0 unspecified atom stereocenters. The monoisotopic (exact) mass is 637 g/mol. The molecule has 0 aliphatic heterocycles. The SMILES string of the molecule is CCNC(=O)Nc1cc(C#Cc2ccc(OCc3c(-c4c(Cl)cccc4Cl)noc3C3CC3)cc2Cl)cc(C(=O)OC)c1. The number of carbonyl (C=O) groups excluding carboxylic acids is 2. The Kier molecular flexibility index (Phi) is 9.46. The van der Waals surface area contributed by atoms with E-state index in [9.17, 15) is 9.59 Å². The summed E-state index contributed by atoms with van der Waals surface area (Å²) in [5.74, 6) is 7.05. The third kappa shape index (κ3) is 7.26. The Morgan fingerprint density at radius 3 is 2.47 bits per heavy atom. The zero-order valence-electron chi connectivity index (χ0n) is 23.2. The zero-order valence-corrected chi connectivity index (χ0v) is 25.5. The lowest BCUT2D eigenvalue weighted by Crippen LogP contribution is -2.28. The van der Waals surface area contributed by atoms with Crippen molar-refractivity contribution < 1.29 is 23.6 Å². The minimum Gasteiger partial charge on any atom is -0.489 e. The number of nitrogens with one attached hydrogen (secondary N) is 2. The number of esters is 1. The summed E-state index contributed by atoms with van der Waals surface area (Å²) >= 11 is 19.5. The lowest BCUT2D eigenvalue weighted by atomic mass is 10.0. The van der Waals surface area contributed by atoms with Gasteiger partial charge in [0.05, 0.1) is 33.3 Å². The second kappa shape index (κ2) is 13.4. The van der Waals surface area contributed by atoms with E-state index in [1.165, 1.54) is 13.2 Å². The summed E-state index contributed by atoms with van der Waals surface area (Å²) in [4.78, 5) is 24.2. The fourth-order valence-electron chi connectivity index (χ4n) is 4.37. The lowest BCUT2D eigenvalue weighted by Gasteiger charge is -2.10. The molecule has 3 aromatic carbocycles. The first kappa shape index (κ1) is 30.3. The summed E-state index contributed by atoms with van der Waals surface area (Å²) in [6.45, 7) is 2.43. The van der Waals surface area contributed by atoms with Gasteiger partial charge in [-0.05, 0) is 62.2 Å². The Labute approximate surface area is 263 Å². The molecule has 1 saturated carbocycles. The van der Waals surface area contributed by atoms with Crippen LogP contribution in [0.15, 0.2) is 59.1 Å². The Morgan fingerprint density at radius 2 is 1.79 bits per heavy atom. The van der Waals surface area contributed by atoms with Crippen molar-refractivity contribution in [2.24, 2.45) is 0 Å². The highest BCUT2D eigenvalue weighted by Crippen LogP contribution is 2.46. The predicted molar refractivity (Wildman–Crippen MR) is 166 cm³/mol. The average molecular weight is 639 g/mol. The smallest absolute Gasteiger partial charge is 0.337 e. The van der Waals surface area contributed by atoms with E-state index in [1.807, 2.05) is 0 Å². The first-order valence-electron chi connectivity index (χ1n) is 13.4. The molecule has 1 heterocycles. The second-order valence-corrected chi connectivity index (χ2v) is 10.9. The van der Waals surface area contributed by atoms with Gasteiger partial charge in [0.2, 0.25) is 0 Å². The van der Waals surface area contributed by atoms with E-state index in [-0.39, 0.29) is 18.1 Å². The number of urea groups is 1. The highest BCUT2D eigenvalue weighted by atomic mass is 35.5. The normalized spacial score (nSPS) is 12.2. The molecule has 0 bridgehead atoms. The minimum atomic E-state index is -0.556. The van der Waals surface area contributed by atoms with Gasteiger partial charge in [0.15, 0.2) is 0 Å². The molecule has 5 rings (SSSR count). The van der Waals surface area contributed by atoms with Gasteiger partial charge in [-0.15, -0.1) is 0 Å². The quantitative estimate of drug-likeness (QED) is 0.149. The van der Waals surface area contributed by atoms with Gasteiger partial charge in [-0.1, -0.05) is 57.9 Å². The third-order valence-corrected chi connectivity index (χ3v) is 7.52. The van der Waals surface area contributed by atoms with E-state index in [4.69, 9.17) is 48.8 Å². The van der Waals surface area contributed by atoms with E-state index in [0.717, 1.165) is 24.2 Å². The molecule has 1 aliphatic carbocycles. The maximum Gasteiger partial charge on any atom is 0.337 e. The minimum absolute atomic E-state index is 0.176. The maximum absolute atomic E-state index is 12.2. The molecule has 220 valence electrons. The van der Waals surface area contributed by atoms with Crippen LogP contribution in [0.2, 0.25) is 15.1 Å². The van der Waals surface area contributed by atoms with Crippen molar-refractivity contribution in [3.8, 4) is 28.8 Å². The first-order chi connectivity index (χ1) is 20.8. The molecular weight excluding hydrogens is 613 g/mol. The van der Waals surface area contributed by atoms with Crippen LogP contribution in [0, 0.1) is 11.8 Å². The number of hydrogen-bond donors (Lipinski definition) is 2. The van der Waals surface area contributed by atoms with Crippen molar-refractivity contribution in [1.29, 1.82) is 0 Å². The highest BCUT2D eigenvalue weighted by molar-refractivity contribution is 6.39. The number of hydrogen-bond acceptors (Lipinski definition) is 6. The average Bonchev–Trinajstić information content (AvgIpc) is 3.75. The summed E-state index contributed by atoms with van der Waals surface area (Å²) in [7, 11) is 1.28. The molecule has 11 heteroatoms. The summed E-state index contributed by atoms with van der Waals surface area (Å²) in [5, 5.41) is 10.9. The second-order valence-electron chi connectivity index (χ2n) is 9.70. The Hall–Kier alpha value is -4.16. The number of rotatable bonds is 8. The molecule has 2 amide bonds. The number of aromatic nitrogens is 1. The Bertz CT molecular complexity index is 1730. The van der Waals surface area contributed by atoms with E-state index in [0.29, 0.717) is 55.4 Å². The fraction of sp³-hybridized carbons (Fsp3) is 0.219. The molecular formula is C32H26Cl3N3O5. The number of nitrogens with zero attached hydrogens (tertiary/aromatic N) is 1. The van der Waals surface area contributed by atoms with E-state index < -0.39 is 12.0 Å². The predicted octanol–water partition coefficient (Wildman–Crippen LogP) is 8.09. The summed E-state index contributed by atoms with van der Waals surface area (Å²) in [6, 6.07) is 14.8. The van der Waals surface area contributed by atoms with Crippen molar-refractivity contribution in [2.75, 3.05) is 19.0 Å². The standard InChI is InChI=1S/C32H26Cl3N3O5/c1-3-36-32(40)37-22-14-18(13-21(15-22)31(39)41-2)7-8-19-11-12-23(16-27(19)35)42-17-24-29(38-43-30(24)20-9-10-20)28-25(33)5-4-6-26(28)34/h4-6,11-16,20H,3,9-10,17H2,1-2H3,(H2,36,37,40). The van der Waals surface area contributed by atoms with Crippen LogP contribution in [0.3, 0.4) is 0 Å².